The van der Waals surface area contributed by atoms with Crippen LogP contribution in [0, 0.1) is 0 Å². The van der Waals surface area contributed by atoms with Crippen molar-refractivity contribution in [2.45, 2.75) is 29.2 Å². The zero-order valence-electron chi connectivity index (χ0n) is 14.4. The number of sulfonamides is 1. The fraction of sp³-hybridized carbons (Fsp3) is 0.353. The van der Waals surface area contributed by atoms with Crippen LogP contribution in [0.2, 0.25) is 0 Å². The summed E-state index contributed by atoms with van der Waals surface area (Å²) in [7, 11) is -7.27. The van der Waals surface area contributed by atoms with Gasteiger partial charge < -0.3 is 4.57 Å². The first-order chi connectivity index (χ1) is 12.7. The minimum atomic E-state index is -3.67. The second kappa shape index (κ2) is 7.86. The van der Waals surface area contributed by atoms with Gasteiger partial charge in [0.05, 0.1) is 15.5 Å². The van der Waals surface area contributed by atoms with Gasteiger partial charge in [-0.1, -0.05) is 15.9 Å². The largest absolute Gasteiger partial charge is 0.313 e. The molecule has 0 amide bonds. The Kier molecular flexibility index (Phi) is 5.90. The monoisotopic (exact) mass is 474 g/mol. The van der Waals surface area contributed by atoms with Crippen molar-refractivity contribution in [3.63, 3.8) is 0 Å². The van der Waals surface area contributed by atoms with Gasteiger partial charge >= 0.3 is 0 Å². The van der Waals surface area contributed by atoms with Gasteiger partial charge in [-0.25, -0.2) is 16.8 Å². The quantitative estimate of drug-likeness (QED) is 0.636. The molecular formula is C17H19BrN2O5S2. The molecule has 7 nitrogen and oxygen atoms in total. The molecule has 1 fully saturated rings. The summed E-state index contributed by atoms with van der Waals surface area (Å²) in [6, 6.07) is 8.66. The zero-order chi connectivity index (χ0) is 19.7. The van der Waals surface area contributed by atoms with Gasteiger partial charge in [-0.2, -0.15) is 4.31 Å². The van der Waals surface area contributed by atoms with Gasteiger partial charge in [-0.05, 0) is 43.2 Å². The lowest BCUT2D eigenvalue weighted by Gasteiger charge is -2.16. The Balaban J connectivity index is 1.83. The Labute approximate surface area is 166 Å². The zero-order valence-corrected chi connectivity index (χ0v) is 17.6. The lowest BCUT2D eigenvalue weighted by Crippen LogP contribution is -2.30. The summed E-state index contributed by atoms with van der Waals surface area (Å²) in [6.45, 7) is 0.791. The fourth-order valence-electron chi connectivity index (χ4n) is 2.89. The Morgan fingerprint density at radius 2 is 1.48 bits per heavy atom. The average Bonchev–Trinajstić information content (AvgIpc) is 3.17. The van der Waals surface area contributed by atoms with Crippen LogP contribution in [0.4, 0.5) is 0 Å². The number of hydrogen-bond donors (Lipinski definition) is 0. The molecule has 1 saturated heterocycles. The second-order valence-corrected chi connectivity index (χ2v) is 11.2. The van der Waals surface area contributed by atoms with Crippen molar-refractivity contribution >= 4 is 35.8 Å². The third kappa shape index (κ3) is 4.50. The summed E-state index contributed by atoms with van der Waals surface area (Å²) in [5, 5.41) is 0. The maximum atomic E-state index is 12.6. The summed E-state index contributed by atoms with van der Waals surface area (Å²) in [5.74, 6) is -0.304. The lowest BCUT2D eigenvalue weighted by atomic mass is 10.4. The van der Waals surface area contributed by atoms with Gasteiger partial charge in [0, 0.05) is 36.4 Å². The second-order valence-electron chi connectivity index (χ2n) is 6.28. The van der Waals surface area contributed by atoms with E-state index in [0.717, 1.165) is 27.9 Å². The summed E-state index contributed by atoms with van der Waals surface area (Å²) in [6.07, 6.45) is 2.85. The predicted octanol–water partition coefficient (Wildman–Crippen LogP) is 1.87. The minimum Gasteiger partial charge on any atom is -0.313 e. The number of rotatable bonds is 6. The van der Waals surface area contributed by atoms with Crippen LogP contribution in [-0.2, 0) is 26.4 Å². The van der Waals surface area contributed by atoms with Crippen LogP contribution < -0.4 is 5.56 Å². The number of sulfone groups is 1. The molecule has 2 aromatic rings. The van der Waals surface area contributed by atoms with Gasteiger partial charge in [0.1, 0.15) is 0 Å². The number of halogens is 1. The third-order valence-electron chi connectivity index (χ3n) is 4.43. The van der Waals surface area contributed by atoms with E-state index < -0.39 is 25.4 Å². The lowest BCUT2D eigenvalue weighted by molar-refractivity contribution is 0.476. The Morgan fingerprint density at radius 1 is 0.889 bits per heavy atom. The van der Waals surface area contributed by atoms with Crippen molar-refractivity contribution < 1.29 is 16.8 Å². The van der Waals surface area contributed by atoms with Crippen LogP contribution in [0.25, 0.3) is 0 Å². The molecule has 10 heteroatoms. The first-order valence-electron chi connectivity index (χ1n) is 8.39. The molecule has 1 aliphatic heterocycles. The summed E-state index contributed by atoms with van der Waals surface area (Å²) < 4.78 is 53.5. The molecule has 3 rings (SSSR count). The van der Waals surface area contributed by atoms with Gasteiger partial charge in [0.15, 0.2) is 9.84 Å². The molecule has 27 heavy (non-hydrogen) atoms. The maximum Gasteiger partial charge on any atom is 0.250 e. The van der Waals surface area contributed by atoms with Crippen molar-refractivity contribution in [3.8, 4) is 0 Å². The first kappa shape index (κ1) is 20.2. The van der Waals surface area contributed by atoms with E-state index in [2.05, 4.69) is 15.9 Å². The number of pyridine rings is 1. The summed E-state index contributed by atoms with van der Waals surface area (Å²) >= 11 is 3.25. The molecule has 1 aromatic heterocycles. The summed E-state index contributed by atoms with van der Waals surface area (Å²) in [4.78, 5) is 12.2. The van der Waals surface area contributed by atoms with E-state index in [9.17, 15) is 21.6 Å². The van der Waals surface area contributed by atoms with Crippen molar-refractivity contribution in [1.82, 2.24) is 8.87 Å². The highest BCUT2D eigenvalue weighted by molar-refractivity contribution is 9.10. The van der Waals surface area contributed by atoms with Crippen LogP contribution in [0.3, 0.4) is 0 Å². The highest BCUT2D eigenvalue weighted by Crippen LogP contribution is 2.20. The first-order valence-corrected chi connectivity index (χ1v) is 12.3. The maximum absolute atomic E-state index is 12.6. The van der Waals surface area contributed by atoms with Gasteiger partial charge in [-0.3, -0.25) is 4.79 Å². The molecule has 0 spiro atoms. The van der Waals surface area contributed by atoms with Crippen molar-refractivity contribution in [2.75, 3.05) is 18.8 Å². The number of nitrogens with zero attached hydrogens (tertiary/aromatic N) is 2. The molecule has 1 aromatic carbocycles. The Hall–Kier alpha value is -1.49. The van der Waals surface area contributed by atoms with Crippen molar-refractivity contribution in [2.24, 2.45) is 0 Å². The third-order valence-corrected chi connectivity index (χ3v) is 8.55. The predicted molar refractivity (Wildman–Crippen MR) is 105 cm³/mol. The smallest absolute Gasteiger partial charge is 0.250 e. The molecule has 146 valence electrons. The fourth-order valence-corrected chi connectivity index (χ4v) is 5.92. The van der Waals surface area contributed by atoms with Crippen LogP contribution in [-0.4, -0.2) is 44.6 Å². The highest BCUT2D eigenvalue weighted by atomic mass is 79.9. The van der Waals surface area contributed by atoms with E-state index in [4.69, 9.17) is 0 Å². The van der Waals surface area contributed by atoms with Crippen molar-refractivity contribution in [1.29, 1.82) is 0 Å². The minimum absolute atomic E-state index is 0.00467. The molecule has 1 aliphatic rings. The SMILES string of the molecule is O=c1ccc(S(=O)(=O)N2CCCC2)cn1CCS(=O)(=O)c1ccc(Br)cc1. The van der Waals surface area contributed by atoms with Crippen molar-refractivity contribution in [3.05, 3.63) is 57.4 Å². The molecule has 0 saturated carbocycles. The van der Waals surface area contributed by atoms with E-state index in [1.807, 2.05) is 0 Å². The van der Waals surface area contributed by atoms with E-state index >= 15 is 0 Å². The number of hydrogen-bond acceptors (Lipinski definition) is 5. The van der Waals surface area contributed by atoms with E-state index in [1.165, 1.54) is 28.7 Å². The van der Waals surface area contributed by atoms with Crippen LogP contribution in [0.1, 0.15) is 12.8 Å². The normalized spacial score (nSPS) is 15.9. The Bertz CT molecular complexity index is 1090. The summed E-state index contributed by atoms with van der Waals surface area (Å²) in [5.41, 5.74) is -0.443. The topological polar surface area (TPSA) is 93.5 Å². The molecule has 0 atom stereocenters. The molecule has 0 aliphatic carbocycles. The van der Waals surface area contributed by atoms with Gasteiger partial charge in [-0.15, -0.1) is 0 Å². The molecule has 0 unspecified atom stereocenters. The molecule has 0 bridgehead atoms. The molecule has 0 N–H and O–H groups in total. The van der Waals surface area contributed by atoms with Crippen LogP contribution in [0.5, 0.6) is 0 Å². The number of aromatic nitrogens is 1. The number of aryl methyl sites for hydroxylation is 1. The van der Waals surface area contributed by atoms with Crippen LogP contribution in [0.15, 0.2) is 61.7 Å². The molecular weight excluding hydrogens is 456 g/mol. The standard InChI is InChI=1S/C17H19BrN2O5S2/c18-14-3-5-15(6-4-14)26(22,23)12-11-19-13-16(7-8-17(19)21)27(24,25)20-9-1-2-10-20/h3-8,13H,1-2,9-12H2. The average molecular weight is 475 g/mol. The van der Waals surface area contributed by atoms with Crippen LogP contribution >= 0.6 is 15.9 Å². The van der Waals surface area contributed by atoms with Gasteiger partial charge in [0.25, 0.3) is 5.56 Å². The van der Waals surface area contributed by atoms with E-state index in [-0.39, 0.29) is 22.1 Å². The Morgan fingerprint density at radius 3 is 2.11 bits per heavy atom. The highest BCUT2D eigenvalue weighted by Gasteiger charge is 2.27. The molecule has 0 radical (unpaired) electrons. The van der Waals surface area contributed by atoms with Gasteiger partial charge in [0.2, 0.25) is 10.0 Å². The van der Waals surface area contributed by atoms with E-state index in [0.29, 0.717) is 13.1 Å². The molecule has 2 heterocycles. The number of benzene rings is 1. The van der Waals surface area contributed by atoms with E-state index in [1.54, 1.807) is 12.1 Å².